The van der Waals surface area contributed by atoms with Crippen LogP contribution in [0, 0.1) is 0 Å². The lowest BCUT2D eigenvalue weighted by molar-refractivity contribution is -0.139. The van der Waals surface area contributed by atoms with Gasteiger partial charge in [-0.2, -0.15) is 13.2 Å². The molecule has 0 unspecified atom stereocenters. The molecule has 9 nitrogen and oxygen atoms in total. The Morgan fingerprint density at radius 3 is 2.38 bits per heavy atom. The molecule has 0 atom stereocenters. The lowest BCUT2D eigenvalue weighted by Crippen LogP contribution is -2.41. The van der Waals surface area contributed by atoms with Gasteiger partial charge in [-0.15, -0.1) is 0 Å². The summed E-state index contributed by atoms with van der Waals surface area (Å²) in [5.74, 6) is -1.21. The van der Waals surface area contributed by atoms with Crippen LogP contribution >= 0.6 is 0 Å². The monoisotopic (exact) mass is 449 g/mol. The smallest absolute Gasteiger partial charge is 0.383 e. The Morgan fingerprint density at radius 1 is 1.09 bits per heavy atom. The van der Waals surface area contributed by atoms with E-state index in [1.807, 2.05) is 0 Å². The summed E-state index contributed by atoms with van der Waals surface area (Å²) in [6, 6.07) is 10.3. The van der Waals surface area contributed by atoms with Crippen molar-refractivity contribution in [3.63, 3.8) is 0 Å². The molecule has 0 saturated heterocycles. The lowest BCUT2D eigenvalue weighted by Gasteiger charge is -2.21. The van der Waals surface area contributed by atoms with Crippen molar-refractivity contribution in [3.05, 3.63) is 91.0 Å². The molecule has 12 heteroatoms. The Morgan fingerprint density at radius 2 is 1.75 bits per heavy atom. The van der Waals surface area contributed by atoms with Gasteiger partial charge in [0.2, 0.25) is 5.91 Å². The van der Waals surface area contributed by atoms with Gasteiger partial charge in [0.05, 0.1) is 6.54 Å². The molecule has 3 rings (SSSR count). The summed E-state index contributed by atoms with van der Waals surface area (Å²) < 4.78 is 40.5. The Hall–Kier alpha value is -4.09. The van der Waals surface area contributed by atoms with Crippen molar-refractivity contribution >= 4 is 17.4 Å². The lowest BCUT2D eigenvalue weighted by atomic mass is 10.2. The summed E-state index contributed by atoms with van der Waals surface area (Å²) in [5, 5.41) is 0. The van der Waals surface area contributed by atoms with E-state index >= 15 is 0 Å². The largest absolute Gasteiger partial charge is 0.421 e. The summed E-state index contributed by atoms with van der Waals surface area (Å²) in [5.41, 5.74) is 1.75. The zero-order valence-corrected chi connectivity index (χ0v) is 16.7. The van der Waals surface area contributed by atoms with Gasteiger partial charge in [-0.05, 0) is 17.7 Å². The maximum absolute atomic E-state index is 13.0. The van der Waals surface area contributed by atoms with E-state index in [1.165, 1.54) is 7.05 Å². The first kappa shape index (κ1) is 22.6. The van der Waals surface area contributed by atoms with E-state index in [-0.39, 0.29) is 18.1 Å². The van der Waals surface area contributed by atoms with Crippen LogP contribution in [-0.2, 0) is 24.1 Å². The van der Waals surface area contributed by atoms with Crippen molar-refractivity contribution in [1.82, 2.24) is 14.1 Å². The Bertz CT molecular complexity index is 1330. The molecule has 0 aliphatic heterocycles. The number of anilines is 2. The summed E-state index contributed by atoms with van der Waals surface area (Å²) in [4.78, 5) is 52.2. The second-order valence-electron chi connectivity index (χ2n) is 6.87. The summed E-state index contributed by atoms with van der Waals surface area (Å²) in [7, 11) is 1.17. The van der Waals surface area contributed by atoms with E-state index < -0.39 is 41.0 Å². The zero-order chi connectivity index (χ0) is 23.6. The fourth-order valence-electron chi connectivity index (χ4n) is 3.08. The predicted molar refractivity (Wildman–Crippen MR) is 110 cm³/mol. The van der Waals surface area contributed by atoms with Crippen molar-refractivity contribution < 1.29 is 18.0 Å². The molecule has 1 aromatic carbocycles. The van der Waals surface area contributed by atoms with Gasteiger partial charge in [-0.3, -0.25) is 23.9 Å². The minimum Gasteiger partial charge on any atom is -0.383 e. The van der Waals surface area contributed by atoms with Crippen LogP contribution < -0.4 is 27.4 Å². The van der Waals surface area contributed by atoms with E-state index in [2.05, 4.69) is 4.98 Å². The van der Waals surface area contributed by atoms with Gasteiger partial charge in [0.25, 0.3) is 11.1 Å². The van der Waals surface area contributed by atoms with E-state index in [0.29, 0.717) is 16.2 Å². The highest BCUT2D eigenvalue weighted by Gasteiger charge is 2.34. The fourth-order valence-corrected chi connectivity index (χ4v) is 3.08. The molecule has 32 heavy (non-hydrogen) atoms. The number of hydrogen-bond acceptors (Lipinski definition) is 5. The maximum atomic E-state index is 13.0. The summed E-state index contributed by atoms with van der Waals surface area (Å²) >= 11 is 0. The fraction of sp³-hybridized carbons (Fsp3) is 0.200. The number of aromatic amines is 1. The molecule has 0 aliphatic rings. The summed E-state index contributed by atoms with van der Waals surface area (Å²) in [6.07, 6.45) is -3.86. The van der Waals surface area contributed by atoms with Gasteiger partial charge in [-0.1, -0.05) is 30.3 Å². The molecular weight excluding hydrogens is 431 g/mol. The van der Waals surface area contributed by atoms with E-state index in [0.717, 1.165) is 21.7 Å². The quantitative estimate of drug-likeness (QED) is 0.602. The number of likely N-dealkylation sites (N-methyl/N-ethyl adjacent to an activating group) is 1. The van der Waals surface area contributed by atoms with Crippen LogP contribution in [0.25, 0.3) is 0 Å². The number of nitrogens with two attached hydrogens (primary N) is 1. The number of alkyl halides is 3. The third kappa shape index (κ3) is 4.48. The number of carbonyl (C=O) groups excluding carboxylic acids is 1. The number of hydrogen-bond donors (Lipinski definition) is 2. The molecule has 3 aromatic rings. The Labute approximate surface area is 178 Å². The number of carbonyl (C=O) groups is 1. The SMILES string of the molecule is CN(C(=O)Cn1cccc(C(F)(F)F)c1=O)c1c(N)n(Cc2ccccc2)c(=O)[nH]c1=O. The van der Waals surface area contributed by atoms with Gasteiger partial charge in [0.1, 0.15) is 17.9 Å². The van der Waals surface area contributed by atoms with E-state index in [4.69, 9.17) is 5.73 Å². The molecular formula is C20H18F3N5O4. The molecule has 168 valence electrons. The Balaban J connectivity index is 1.96. The number of nitrogen functional groups attached to an aromatic ring is 1. The number of pyridine rings is 1. The topological polar surface area (TPSA) is 123 Å². The van der Waals surface area contributed by atoms with Gasteiger partial charge in [0, 0.05) is 13.2 Å². The molecule has 0 bridgehead atoms. The van der Waals surface area contributed by atoms with Gasteiger partial charge in [0.15, 0.2) is 5.69 Å². The van der Waals surface area contributed by atoms with Crippen LogP contribution in [-0.4, -0.2) is 27.1 Å². The third-order valence-corrected chi connectivity index (χ3v) is 4.74. The first-order valence-corrected chi connectivity index (χ1v) is 9.20. The molecule has 0 saturated carbocycles. The normalized spacial score (nSPS) is 11.4. The van der Waals surface area contributed by atoms with Crippen molar-refractivity contribution in [2.24, 2.45) is 0 Å². The van der Waals surface area contributed by atoms with Crippen molar-refractivity contribution in [1.29, 1.82) is 0 Å². The molecule has 0 spiro atoms. The van der Waals surface area contributed by atoms with E-state index in [1.54, 1.807) is 30.3 Å². The molecule has 1 amide bonds. The number of rotatable bonds is 5. The number of benzene rings is 1. The van der Waals surface area contributed by atoms with Crippen LogP contribution in [0.4, 0.5) is 24.7 Å². The first-order valence-electron chi connectivity index (χ1n) is 9.20. The molecule has 3 N–H and O–H groups in total. The highest BCUT2D eigenvalue weighted by atomic mass is 19.4. The summed E-state index contributed by atoms with van der Waals surface area (Å²) in [6.45, 7) is -0.777. The highest BCUT2D eigenvalue weighted by Crippen LogP contribution is 2.26. The second-order valence-corrected chi connectivity index (χ2v) is 6.87. The number of nitrogens with zero attached hydrogens (tertiary/aromatic N) is 3. The van der Waals surface area contributed by atoms with Crippen LogP contribution in [0.3, 0.4) is 0 Å². The number of nitrogens with one attached hydrogen (secondary N) is 1. The second kappa shape index (κ2) is 8.57. The van der Waals surface area contributed by atoms with Crippen LogP contribution in [0.15, 0.2) is 63.0 Å². The first-order chi connectivity index (χ1) is 15.0. The molecule has 2 aromatic heterocycles. The van der Waals surface area contributed by atoms with Gasteiger partial charge < -0.3 is 15.2 Å². The van der Waals surface area contributed by atoms with Crippen molar-refractivity contribution in [3.8, 4) is 0 Å². The predicted octanol–water partition coefficient (Wildman–Crippen LogP) is 1.01. The van der Waals surface area contributed by atoms with Gasteiger partial charge in [-0.25, -0.2) is 4.79 Å². The Kier molecular flexibility index (Phi) is 6.05. The average molecular weight is 449 g/mol. The van der Waals surface area contributed by atoms with Crippen LogP contribution in [0.1, 0.15) is 11.1 Å². The minimum absolute atomic E-state index is 0.00437. The van der Waals surface area contributed by atoms with Crippen molar-refractivity contribution in [2.75, 3.05) is 17.7 Å². The average Bonchev–Trinajstić information content (AvgIpc) is 2.72. The third-order valence-electron chi connectivity index (χ3n) is 4.74. The number of halogens is 3. The number of aromatic nitrogens is 3. The standard InChI is InChI=1S/C20H18F3N5O4/c1-26(14(29)11-27-9-5-8-13(18(27)31)20(21,22)23)15-16(24)28(19(32)25-17(15)30)10-12-6-3-2-4-7-12/h2-9H,10-11,24H2,1H3,(H,25,30,32). The molecule has 0 radical (unpaired) electrons. The van der Waals surface area contributed by atoms with Gasteiger partial charge >= 0.3 is 11.9 Å². The van der Waals surface area contributed by atoms with Crippen LogP contribution in [0.2, 0.25) is 0 Å². The minimum atomic E-state index is -4.89. The zero-order valence-electron chi connectivity index (χ0n) is 16.7. The number of H-pyrrole nitrogens is 1. The number of amides is 1. The molecule has 2 heterocycles. The van der Waals surface area contributed by atoms with Crippen LogP contribution in [0.5, 0.6) is 0 Å². The molecule has 0 fully saturated rings. The highest BCUT2D eigenvalue weighted by molar-refractivity contribution is 5.94. The maximum Gasteiger partial charge on any atom is 0.421 e. The van der Waals surface area contributed by atoms with E-state index in [9.17, 15) is 32.3 Å². The van der Waals surface area contributed by atoms with Crippen molar-refractivity contribution in [2.45, 2.75) is 19.3 Å². The molecule has 0 aliphatic carbocycles.